The summed E-state index contributed by atoms with van der Waals surface area (Å²) < 4.78 is 25.4. The lowest BCUT2D eigenvalue weighted by Crippen LogP contribution is -2.07. The van der Waals surface area contributed by atoms with E-state index >= 15 is 0 Å². The lowest BCUT2D eigenvalue weighted by molar-refractivity contribution is 0.150. The van der Waals surface area contributed by atoms with Crippen LogP contribution >= 0.6 is 22.6 Å². The van der Waals surface area contributed by atoms with Gasteiger partial charge in [0.05, 0.1) is 16.8 Å². The highest BCUT2D eigenvalue weighted by molar-refractivity contribution is 14.1. The van der Waals surface area contributed by atoms with Gasteiger partial charge in [-0.3, -0.25) is 4.98 Å². The van der Waals surface area contributed by atoms with Gasteiger partial charge in [-0.15, -0.1) is 0 Å². The van der Waals surface area contributed by atoms with Crippen LogP contribution in [0, 0.1) is 14.9 Å². The van der Waals surface area contributed by atoms with Gasteiger partial charge in [-0.1, -0.05) is 0 Å². The van der Waals surface area contributed by atoms with Crippen molar-refractivity contribution in [3.05, 3.63) is 26.6 Å². The molecule has 1 aromatic rings. The van der Waals surface area contributed by atoms with Crippen LogP contribution in [0.15, 0.2) is 6.20 Å². The number of hydrogen-bond acceptors (Lipinski definition) is 3. The van der Waals surface area contributed by atoms with Crippen LogP contribution < -0.4 is 5.73 Å². The van der Waals surface area contributed by atoms with E-state index in [2.05, 4.69) is 4.98 Å². The Morgan fingerprint density at radius 2 is 2.29 bits per heavy atom. The van der Waals surface area contributed by atoms with Crippen LogP contribution in [0.25, 0.3) is 0 Å². The zero-order chi connectivity index (χ0) is 10.7. The number of hydrogen-bond donors (Lipinski definition) is 1. The molecule has 1 rings (SSSR count). The summed E-state index contributed by atoms with van der Waals surface area (Å²) in [4.78, 5) is 3.82. The third kappa shape index (κ3) is 1.99. The molecular weight excluding hydrogens is 303 g/mol. The van der Waals surface area contributed by atoms with Crippen molar-refractivity contribution in [2.24, 2.45) is 5.73 Å². The van der Waals surface area contributed by atoms with Gasteiger partial charge in [0.15, 0.2) is 0 Å². The number of nitrogens with zero attached hydrogens (tertiary/aromatic N) is 2. The van der Waals surface area contributed by atoms with Crippen LogP contribution in [0.4, 0.5) is 8.78 Å². The molecule has 0 bridgehead atoms. The molecule has 1 aromatic heterocycles. The number of halogens is 3. The minimum Gasteiger partial charge on any atom is -0.325 e. The lowest BCUT2D eigenvalue weighted by atomic mass is 10.1. The first-order valence-electron chi connectivity index (χ1n) is 3.67. The standard InChI is InChI=1S/C8H6F2IN3/c9-8(10)6-4(1-12)3-14-5(2-13)7(6)11/h3,8H,2,13H2. The number of pyridine rings is 1. The van der Waals surface area contributed by atoms with Crippen LogP contribution in [0.5, 0.6) is 0 Å². The van der Waals surface area contributed by atoms with Gasteiger partial charge in [-0.2, -0.15) is 5.26 Å². The number of rotatable bonds is 2. The highest BCUT2D eigenvalue weighted by atomic mass is 127. The van der Waals surface area contributed by atoms with Gasteiger partial charge in [0.2, 0.25) is 0 Å². The second-order valence-electron chi connectivity index (χ2n) is 2.46. The first-order chi connectivity index (χ1) is 6.61. The van der Waals surface area contributed by atoms with E-state index < -0.39 is 6.43 Å². The van der Waals surface area contributed by atoms with Crippen molar-refractivity contribution in [3.8, 4) is 6.07 Å². The molecule has 0 radical (unpaired) electrons. The zero-order valence-corrected chi connectivity index (χ0v) is 9.12. The molecule has 14 heavy (non-hydrogen) atoms. The smallest absolute Gasteiger partial charge is 0.266 e. The molecule has 3 nitrogen and oxygen atoms in total. The van der Waals surface area contributed by atoms with Crippen molar-refractivity contribution in [1.29, 1.82) is 5.26 Å². The van der Waals surface area contributed by atoms with Crippen molar-refractivity contribution >= 4 is 22.6 Å². The topological polar surface area (TPSA) is 62.7 Å². The summed E-state index contributed by atoms with van der Waals surface area (Å²) in [6.07, 6.45) is -1.55. The molecule has 0 saturated heterocycles. The second-order valence-corrected chi connectivity index (χ2v) is 3.54. The maximum atomic E-state index is 12.6. The zero-order valence-electron chi connectivity index (χ0n) is 6.97. The molecule has 0 fully saturated rings. The van der Waals surface area contributed by atoms with Crippen LogP contribution in [-0.4, -0.2) is 4.98 Å². The molecule has 74 valence electrons. The van der Waals surface area contributed by atoms with Crippen LogP contribution in [-0.2, 0) is 6.54 Å². The van der Waals surface area contributed by atoms with Crippen molar-refractivity contribution in [3.63, 3.8) is 0 Å². The van der Waals surface area contributed by atoms with E-state index in [4.69, 9.17) is 11.0 Å². The largest absolute Gasteiger partial charge is 0.325 e. The molecule has 1 heterocycles. The van der Waals surface area contributed by atoms with E-state index in [0.29, 0.717) is 5.69 Å². The summed E-state index contributed by atoms with van der Waals surface area (Å²) in [5.74, 6) is 0. The van der Waals surface area contributed by atoms with Crippen molar-refractivity contribution < 1.29 is 8.78 Å². The van der Waals surface area contributed by atoms with Crippen molar-refractivity contribution in [1.82, 2.24) is 4.98 Å². The predicted molar refractivity (Wildman–Crippen MR) is 54.5 cm³/mol. The first kappa shape index (κ1) is 11.3. The number of aromatic nitrogens is 1. The quantitative estimate of drug-likeness (QED) is 0.849. The summed E-state index contributed by atoms with van der Waals surface area (Å²) >= 11 is 1.73. The molecule has 0 aliphatic carbocycles. The summed E-state index contributed by atoms with van der Waals surface area (Å²) in [6, 6.07) is 1.68. The molecule has 6 heteroatoms. The Morgan fingerprint density at radius 3 is 2.71 bits per heavy atom. The minimum absolute atomic E-state index is 0.0870. The monoisotopic (exact) mass is 309 g/mol. The first-order valence-corrected chi connectivity index (χ1v) is 4.75. The van der Waals surface area contributed by atoms with E-state index in [-0.39, 0.29) is 21.2 Å². The highest BCUT2D eigenvalue weighted by Gasteiger charge is 2.19. The number of nitriles is 1. The van der Waals surface area contributed by atoms with Crippen LogP contribution in [0.1, 0.15) is 23.2 Å². The molecule has 2 N–H and O–H groups in total. The van der Waals surface area contributed by atoms with E-state index in [1.54, 1.807) is 28.7 Å². The summed E-state index contributed by atoms with van der Waals surface area (Å²) in [5, 5.41) is 8.60. The fraction of sp³-hybridized carbons (Fsp3) is 0.250. The van der Waals surface area contributed by atoms with Gasteiger partial charge in [-0.05, 0) is 22.6 Å². The summed E-state index contributed by atoms with van der Waals surface area (Å²) in [7, 11) is 0. The summed E-state index contributed by atoms with van der Waals surface area (Å²) in [6.45, 7) is 0.0870. The Labute approximate surface area is 93.1 Å². The van der Waals surface area contributed by atoms with Crippen molar-refractivity contribution in [2.75, 3.05) is 0 Å². The third-order valence-corrected chi connectivity index (χ3v) is 2.87. The molecular formula is C8H6F2IN3. The maximum Gasteiger partial charge on any atom is 0.266 e. The van der Waals surface area contributed by atoms with Gasteiger partial charge in [0.25, 0.3) is 6.43 Å². The molecule has 0 aliphatic rings. The Hall–Kier alpha value is -0.810. The Morgan fingerprint density at radius 1 is 1.64 bits per heavy atom. The average Bonchev–Trinajstić information content (AvgIpc) is 2.16. The second kappa shape index (κ2) is 4.61. The molecule has 0 atom stereocenters. The minimum atomic E-state index is -2.68. The molecule has 0 spiro atoms. The van der Waals surface area contributed by atoms with E-state index in [9.17, 15) is 8.78 Å². The van der Waals surface area contributed by atoms with Gasteiger partial charge >= 0.3 is 0 Å². The Kier molecular flexibility index (Phi) is 3.71. The normalized spacial score (nSPS) is 10.3. The van der Waals surface area contributed by atoms with E-state index in [0.717, 1.165) is 6.20 Å². The maximum absolute atomic E-state index is 12.6. The highest BCUT2D eigenvalue weighted by Crippen LogP contribution is 2.28. The average molecular weight is 309 g/mol. The van der Waals surface area contributed by atoms with Gasteiger partial charge in [0.1, 0.15) is 6.07 Å². The lowest BCUT2D eigenvalue weighted by Gasteiger charge is -2.08. The Balaban J connectivity index is 3.41. The molecule has 0 aliphatic heterocycles. The van der Waals surface area contributed by atoms with Crippen LogP contribution in [0.3, 0.4) is 0 Å². The summed E-state index contributed by atoms with van der Waals surface area (Å²) in [5.41, 5.74) is 5.33. The van der Waals surface area contributed by atoms with Crippen LogP contribution in [0.2, 0.25) is 0 Å². The molecule has 0 unspecified atom stereocenters. The van der Waals surface area contributed by atoms with E-state index in [1.165, 1.54) is 0 Å². The molecule has 0 saturated carbocycles. The predicted octanol–water partition coefficient (Wildman–Crippen LogP) is 1.95. The molecule has 0 aromatic carbocycles. The van der Waals surface area contributed by atoms with E-state index in [1.807, 2.05) is 0 Å². The Bertz CT molecular complexity index is 387. The van der Waals surface area contributed by atoms with Crippen molar-refractivity contribution in [2.45, 2.75) is 13.0 Å². The fourth-order valence-corrected chi connectivity index (χ4v) is 1.87. The molecule has 0 amide bonds. The van der Waals surface area contributed by atoms with Gasteiger partial charge < -0.3 is 5.73 Å². The number of alkyl halides is 2. The third-order valence-electron chi connectivity index (χ3n) is 1.66. The fourth-order valence-electron chi connectivity index (χ4n) is 0.987. The van der Waals surface area contributed by atoms with Gasteiger partial charge in [-0.25, -0.2) is 8.78 Å². The SMILES string of the molecule is N#Cc1cnc(CN)c(I)c1C(F)F. The van der Waals surface area contributed by atoms with Gasteiger partial charge in [0, 0.05) is 16.3 Å². The number of nitrogens with two attached hydrogens (primary N) is 1.